The molecule has 1 aromatic carbocycles. The maximum atomic E-state index is 12.1. The van der Waals surface area contributed by atoms with Gasteiger partial charge in [-0.15, -0.1) is 0 Å². The second-order valence-corrected chi connectivity index (χ2v) is 9.24. The molecule has 0 unspecified atom stereocenters. The molecular formula is C15H20N2O3S2. The van der Waals surface area contributed by atoms with Crippen molar-refractivity contribution >= 4 is 31.6 Å². The standard InChI is InChI=1S/C15H20N2O3S2/c1-11(2)22(18,19)17-9-7-12(8-10-17)20-15-16-13-5-3-4-6-14(13)21-15/h3-6,11-12H,7-10H2,1-2H3. The molecule has 120 valence electrons. The fourth-order valence-electron chi connectivity index (χ4n) is 2.55. The Bertz CT molecular complexity index is 714. The van der Waals surface area contributed by atoms with Crippen LogP contribution in [0.2, 0.25) is 0 Å². The molecule has 1 aliphatic rings. The number of piperidine rings is 1. The van der Waals surface area contributed by atoms with Crippen LogP contribution in [0.1, 0.15) is 26.7 Å². The number of ether oxygens (including phenoxy) is 1. The maximum absolute atomic E-state index is 12.1. The largest absolute Gasteiger partial charge is 0.467 e. The minimum Gasteiger partial charge on any atom is -0.467 e. The number of nitrogens with zero attached hydrogens (tertiary/aromatic N) is 2. The SMILES string of the molecule is CC(C)S(=O)(=O)N1CCC(Oc2nc3ccccc3s2)CC1. The number of sulfonamides is 1. The highest BCUT2D eigenvalue weighted by Gasteiger charge is 2.31. The molecule has 0 radical (unpaired) electrons. The van der Waals surface area contributed by atoms with E-state index in [1.165, 1.54) is 11.3 Å². The Kier molecular flexibility index (Phi) is 4.38. The van der Waals surface area contributed by atoms with Crippen LogP contribution in [-0.2, 0) is 10.0 Å². The molecule has 0 aliphatic carbocycles. The number of benzene rings is 1. The molecule has 7 heteroatoms. The van der Waals surface area contributed by atoms with E-state index in [1.54, 1.807) is 18.2 Å². The minimum atomic E-state index is -3.15. The van der Waals surface area contributed by atoms with Gasteiger partial charge in [-0.1, -0.05) is 23.5 Å². The molecule has 0 N–H and O–H groups in total. The molecule has 1 saturated heterocycles. The molecule has 2 aromatic rings. The van der Waals surface area contributed by atoms with Gasteiger partial charge >= 0.3 is 0 Å². The normalized spacial score (nSPS) is 18.1. The monoisotopic (exact) mass is 340 g/mol. The fraction of sp³-hybridized carbons (Fsp3) is 0.533. The van der Waals surface area contributed by atoms with Crippen LogP contribution in [0.25, 0.3) is 10.2 Å². The zero-order valence-corrected chi connectivity index (χ0v) is 14.4. The van der Waals surface area contributed by atoms with E-state index in [0.29, 0.717) is 31.1 Å². The second kappa shape index (κ2) is 6.14. The van der Waals surface area contributed by atoms with Gasteiger partial charge in [0.05, 0.1) is 15.5 Å². The molecule has 0 saturated carbocycles. The van der Waals surface area contributed by atoms with E-state index in [2.05, 4.69) is 4.98 Å². The van der Waals surface area contributed by atoms with Crippen molar-refractivity contribution in [3.63, 3.8) is 0 Å². The van der Waals surface area contributed by atoms with Gasteiger partial charge in [-0.3, -0.25) is 0 Å². The van der Waals surface area contributed by atoms with Gasteiger partial charge < -0.3 is 4.74 Å². The average molecular weight is 340 g/mol. The molecule has 0 amide bonds. The third kappa shape index (κ3) is 3.11. The van der Waals surface area contributed by atoms with Crippen molar-refractivity contribution in [1.29, 1.82) is 0 Å². The molecule has 1 fully saturated rings. The van der Waals surface area contributed by atoms with Gasteiger partial charge in [0, 0.05) is 13.1 Å². The number of hydrogen-bond acceptors (Lipinski definition) is 5. The van der Waals surface area contributed by atoms with Crippen LogP contribution in [0.5, 0.6) is 5.19 Å². The zero-order valence-electron chi connectivity index (χ0n) is 12.7. The lowest BCUT2D eigenvalue weighted by Crippen LogP contribution is -2.44. The van der Waals surface area contributed by atoms with Gasteiger partial charge in [-0.25, -0.2) is 17.7 Å². The summed E-state index contributed by atoms with van der Waals surface area (Å²) in [6.07, 6.45) is 1.46. The summed E-state index contributed by atoms with van der Waals surface area (Å²) in [7, 11) is -3.15. The van der Waals surface area contributed by atoms with Gasteiger partial charge in [0.2, 0.25) is 10.0 Å². The van der Waals surface area contributed by atoms with Crippen molar-refractivity contribution in [3.8, 4) is 5.19 Å². The Morgan fingerprint density at radius 1 is 1.27 bits per heavy atom. The predicted octanol–water partition coefficient (Wildman–Crippen LogP) is 2.88. The highest BCUT2D eigenvalue weighted by atomic mass is 32.2. The number of aromatic nitrogens is 1. The fourth-order valence-corrected chi connectivity index (χ4v) is 4.74. The van der Waals surface area contributed by atoms with Crippen molar-refractivity contribution in [3.05, 3.63) is 24.3 Å². The summed E-state index contributed by atoms with van der Waals surface area (Å²) in [5, 5.41) is 0.306. The molecule has 2 heterocycles. The second-order valence-electron chi connectivity index (χ2n) is 5.76. The lowest BCUT2D eigenvalue weighted by Gasteiger charge is -2.31. The summed E-state index contributed by atoms with van der Waals surface area (Å²) in [5.41, 5.74) is 0.947. The summed E-state index contributed by atoms with van der Waals surface area (Å²) in [5.74, 6) is 0. The van der Waals surface area contributed by atoms with E-state index in [1.807, 2.05) is 24.3 Å². The topological polar surface area (TPSA) is 59.5 Å². The predicted molar refractivity (Wildman–Crippen MR) is 88.9 cm³/mol. The van der Waals surface area contributed by atoms with E-state index < -0.39 is 10.0 Å². The third-order valence-electron chi connectivity index (χ3n) is 3.90. The Labute approximate surface area is 135 Å². The van der Waals surface area contributed by atoms with Gasteiger partial charge in [0.25, 0.3) is 5.19 Å². The first kappa shape index (κ1) is 15.7. The van der Waals surface area contributed by atoms with Crippen LogP contribution in [0, 0.1) is 0 Å². The third-order valence-corrected chi connectivity index (χ3v) is 7.10. The molecular weight excluding hydrogens is 320 g/mol. The maximum Gasteiger partial charge on any atom is 0.274 e. The highest BCUT2D eigenvalue weighted by molar-refractivity contribution is 7.89. The number of para-hydroxylation sites is 1. The van der Waals surface area contributed by atoms with Crippen LogP contribution < -0.4 is 4.74 Å². The average Bonchev–Trinajstić information content (AvgIpc) is 2.89. The minimum absolute atomic E-state index is 0.0409. The molecule has 0 spiro atoms. The van der Waals surface area contributed by atoms with E-state index >= 15 is 0 Å². The van der Waals surface area contributed by atoms with Gasteiger partial charge in [0.15, 0.2) is 0 Å². The van der Waals surface area contributed by atoms with Crippen molar-refractivity contribution in [2.75, 3.05) is 13.1 Å². The number of thiazole rings is 1. The van der Waals surface area contributed by atoms with Gasteiger partial charge in [-0.05, 0) is 38.8 Å². The van der Waals surface area contributed by atoms with Crippen molar-refractivity contribution in [1.82, 2.24) is 9.29 Å². The number of rotatable bonds is 4. The lowest BCUT2D eigenvalue weighted by molar-refractivity contribution is 0.134. The summed E-state index contributed by atoms with van der Waals surface area (Å²) >= 11 is 1.54. The number of fused-ring (bicyclic) bond motifs is 1. The van der Waals surface area contributed by atoms with Crippen molar-refractivity contribution in [2.24, 2.45) is 0 Å². The molecule has 22 heavy (non-hydrogen) atoms. The van der Waals surface area contributed by atoms with Crippen LogP contribution in [-0.4, -0.2) is 42.2 Å². The smallest absolute Gasteiger partial charge is 0.274 e. The summed E-state index contributed by atoms with van der Waals surface area (Å²) in [6.45, 7) is 4.49. The Morgan fingerprint density at radius 2 is 1.95 bits per heavy atom. The summed E-state index contributed by atoms with van der Waals surface area (Å²) in [6, 6.07) is 7.94. The van der Waals surface area contributed by atoms with E-state index in [4.69, 9.17) is 4.74 Å². The van der Waals surface area contributed by atoms with Gasteiger partial charge in [0.1, 0.15) is 6.10 Å². The molecule has 1 aliphatic heterocycles. The lowest BCUT2D eigenvalue weighted by atomic mass is 10.1. The van der Waals surface area contributed by atoms with Crippen LogP contribution >= 0.6 is 11.3 Å². The van der Waals surface area contributed by atoms with Crippen molar-refractivity contribution in [2.45, 2.75) is 38.0 Å². The van der Waals surface area contributed by atoms with Crippen LogP contribution in [0.15, 0.2) is 24.3 Å². The highest BCUT2D eigenvalue weighted by Crippen LogP contribution is 2.30. The Hall–Kier alpha value is -1.18. The number of hydrogen-bond donors (Lipinski definition) is 0. The van der Waals surface area contributed by atoms with Crippen molar-refractivity contribution < 1.29 is 13.2 Å². The van der Waals surface area contributed by atoms with E-state index in [9.17, 15) is 8.42 Å². The molecule has 0 atom stereocenters. The molecule has 3 rings (SSSR count). The molecule has 1 aromatic heterocycles. The summed E-state index contributed by atoms with van der Waals surface area (Å²) in [4.78, 5) is 4.47. The first-order chi connectivity index (χ1) is 10.5. The summed E-state index contributed by atoms with van der Waals surface area (Å²) < 4.78 is 32.9. The van der Waals surface area contributed by atoms with E-state index in [-0.39, 0.29) is 11.4 Å². The Balaban J connectivity index is 1.62. The molecule has 5 nitrogen and oxygen atoms in total. The zero-order chi connectivity index (χ0) is 15.7. The first-order valence-electron chi connectivity index (χ1n) is 7.48. The Morgan fingerprint density at radius 3 is 2.59 bits per heavy atom. The molecule has 0 bridgehead atoms. The van der Waals surface area contributed by atoms with Gasteiger partial charge in [-0.2, -0.15) is 0 Å². The quantitative estimate of drug-likeness (QED) is 0.859. The van der Waals surface area contributed by atoms with Crippen LogP contribution in [0.4, 0.5) is 0 Å². The van der Waals surface area contributed by atoms with Crippen LogP contribution in [0.3, 0.4) is 0 Å². The van der Waals surface area contributed by atoms with E-state index in [0.717, 1.165) is 10.2 Å². The first-order valence-corrected chi connectivity index (χ1v) is 9.80.